The van der Waals surface area contributed by atoms with Gasteiger partial charge in [-0.25, -0.2) is 9.97 Å². The number of amides is 1. The predicted molar refractivity (Wildman–Crippen MR) is 94.4 cm³/mol. The molecule has 3 aromatic heterocycles. The highest BCUT2D eigenvalue weighted by molar-refractivity contribution is 6.10. The maximum absolute atomic E-state index is 12.8. The van der Waals surface area contributed by atoms with Crippen molar-refractivity contribution in [3.63, 3.8) is 0 Å². The summed E-state index contributed by atoms with van der Waals surface area (Å²) in [6, 6.07) is 3.93. The molecule has 0 unspecified atom stereocenters. The van der Waals surface area contributed by atoms with E-state index in [1.807, 2.05) is 29.9 Å². The SMILES string of the molecule is Cc1oc2ncnc(NC3(C)CC3)c2c1C(=O)NCc1cccn1C. The van der Waals surface area contributed by atoms with Crippen molar-refractivity contribution in [2.45, 2.75) is 38.8 Å². The molecule has 3 aromatic rings. The fourth-order valence-electron chi connectivity index (χ4n) is 2.95. The molecule has 1 aliphatic rings. The van der Waals surface area contributed by atoms with Gasteiger partial charge in [-0.3, -0.25) is 4.79 Å². The molecular formula is C18H21N5O2. The van der Waals surface area contributed by atoms with Crippen LogP contribution in [0.5, 0.6) is 0 Å². The zero-order valence-corrected chi connectivity index (χ0v) is 14.6. The number of carbonyl (C=O) groups excluding carboxylic acids is 1. The largest absolute Gasteiger partial charge is 0.442 e. The van der Waals surface area contributed by atoms with Crippen molar-refractivity contribution in [2.24, 2.45) is 7.05 Å². The van der Waals surface area contributed by atoms with E-state index in [-0.39, 0.29) is 11.4 Å². The van der Waals surface area contributed by atoms with E-state index in [4.69, 9.17) is 4.42 Å². The zero-order chi connectivity index (χ0) is 17.6. The lowest BCUT2D eigenvalue weighted by Crippen LogP contribution is -2.25. The van der Waals surface area contributed by atoms with E-state index in [0.29, 0.717) is 34.8 Å². The molecule has 1 saturated carbocycles. The number of aryl methyl sites for hydroxylation is 2. The fourth-order valence-corrected chi connectivity index (χ4v) is 2.95. The Balaban J connectivity index is 1.67. The second-order valence-corrected chi connectivity index (χ2v) is 6.91. The van der Waals surface area contributed by atoms with Crippen molar-refractivity contribution in [2.75, 3.05) is 5.32 Å². The number of anilines is 1. The highest BCUT2D eigenvalue weighted by atomic mass is 16.3. The Morgan fingerprint density at radius 1 is 1.40 bits per heavy atom. The van der Waals surface area contributed by atoms with Gasteiger partial charge < -0.3 is 19.6 Å². The number of nitrogens with one attached hydrogen (secondary N) is 2. The van der Waals surface area contributed by atoms with Crippen LogP contribution in [0.4, 0.5) is 5.82 Å². The van der Waals surface area contributed by atoms with Crippen molar-refractivity contribution in [1.29, 1.82) is 0 Å². The number of aromatic nitrogens is 3. The summed E-state index contributed by atoms with van der Waals surface area (Å²) in [6.45, 7) is 4.37. The first-order chi connectivity index (χ1) is 12.0. The third-order valence-corrected chi connectivity index (χ3v) is 4.79. The molecule has 0 spiro atoms. The summed E-state index contributed by atoms with van der Waals surface area (Å²) in [4.78, 5) is 21.3. The van der Waals surface area contributed by atoms with Crippen molar-refractivity contribution in [3.05, 3.63) is 41.7 Å². The van der Waals surface area contributed by atoms with Gasteiger partial charge in [-0.15, -0.1) is 0 Å². The summed E-state index contributed by atoms with van der Waals surface area (Å²) < 4.78 is 7.68. The molecule has 3 heterocycles. The second-order valence-electron chi connectivity index (χ2n) is 6.91. The Labute approximate surface area is 145 Å². The average Bonchev–Trinajstić information content (AvgIpc) is 3.00. The molecule has 130 valence electrons. The topological polar surface area (TPSA) is 85.0 Å². The maximum Gasteiger partial charge on any atom is 0.255 e. The van der Waals surface area contributed by atoms with Crippen molar-refractivity contribution in [3.8, 4) is 0 Å². The molecule has 7 heteroatoms. The minimum atomic E-state index is -0.184. The Hall–Kier alpha value is -2.83. The van der Waals surface area contributed by atoms with Crippen molar-refractivity contribution < 1.29 is 9.21 Å². The first kappa shape index (κ1) is 15.7. The van der Waals surface area contributed by atoms with Crippen LogP contribution in [-0.4, -0.2) is 26.0 Å². The Morgan fingerprint density at radius 2 is 2.20 bits per heavy atom. The van der Waals surface area contributed by atoms with Crippen molar-refractivity contribution >= 4 is 22.8 Å². The van der Waals surface area contributed by atoms with Gasteiger partial charge in [-0.05, 0) is 38.8 Å². The quantitative estimate of drug-likeness (QED) is 0.746. The Morgan fingerprint density at radius 3 is 2.88 bits per heavy atom. The molecule has 1 aliphatic carbocycles. The zero-order valence-electron chi connectivity index (χ0n) is 14.6. The molecule has 1 fully saturated rings. The molecular weight excluding hydrogens is 318 g/mol. The lowest BCUT2D eigenvalue weighted by atomic mass is 10.1. The van der Waals surface area contributed by atoms with Crippen LogP contribution < -0.4 is 10.6 Å². The number of fused-ring (bicyclic) bond motifs is 1. The summed E-state index contributed by atoms with van der Waals surface area (Å²) in [5.41, 5.74) is 2.00. The van der Waals surface area contributed by atoms with Crippen LogP contribution in [0.25, 0.3) is 11.1 Å². The van der Waals surface area contributed by atoms with Gasteiger partial charge >= 0.3 is 0 Å². The second kappa shape index (κ2) is 5.61. The molecule has 0 saturated heterocycles. The lowest BCUT2D eigenvalue weighted by molar-refractivity contribution is 0.0950. The van der Waals surface area contributed by atoms with Gasteiger partial charge in [0.1, 0.15) is 17.9 Å². The van der Waals surface area contributed by atoms with E-state index in [1.54, 1.807) is 6.92 Å². The molecule has 4 rings (SSSR count). The van der Waals surface area contributed by atoms with Gasteiger partial charge in [-0.2, -0.15) is 0 Å². The molecule has 0 bridgehead atoms. The van der Waals surface area contributed by atoms with Gasteiger partial charge in [0.25, 0.3) is 5.91 Å². The Bertz CT molecular complexity index is 952. The molecule has 7 nitrogen and oxygen atoms in total. The van der Waals surface area contributed by atoms with E-state index >= 15 is 0 Å². The summed E-state index contributed by atoms with van der Waals surface area (Å²) in [7, 11) is 1.95. The number of nitrogens with zero attached hydrogens (tertiary/aromatic N) is 3. The maximum atomic E-state index is 12.8. The molecule has 0 atom stereocenters. The molecule has 25 heavy (non-hydrogen) atoms. The van der Waals surface area contributed by atoms with Gasteiger partial charge in [0.05, 0.1) is 17.5 Å². The summed E-state index contributed by atoms with van der Waals surface area (Å²) in [5.74, 6) is 1.02. The van der Waals surface area contributed by atoms with E-state index in [2.05, 4.69) is 27.5 Å². The van der Waals surface area contributed by atoms with E-state index in [1.165, 1.54) is 6.33 Å². The summed E-state index contributed by atoms with van der Waals surface area (Å²) >= 11 is 0. The van der Waals surface area contributed by atoms with Crippen LogP contribution in [0, 0.1) is 6.92 Å². The first-order valence-electron chi connectivity index (χ1n) is 8.37. The van der Waals surface area contributed by atoms with Crippen LogP contribution >= 0.6 is 0 Å². The van der Waals surface area contributed by atoms with E-state index < -0.39 is 0 Å². The number of hydrogen-bond acceptors (Lipinski definition) is 5. The fraction of sp³-hybridized carbons (Fsp3) is 0.389. The van der Waals surface area contributed by atoms with Gasteiger partial charge in [0, 0.05) is 24.5 Å². The van der Waals surface area contributed by atoms with Gasteiger partial charge in [0.15, 0.2) is 0 Å². The number of carbonyl (C=O) groups is 1. The highest BCUT2D eigenvalue weighted by Crippen LogP contribution is 2.40. The molecule has 2 N–H and O–H groups in total. The van der Waals surface area contributed by atoms with E-state index in [9.17, 15) is 4.79 Å². The molecule has 0 aliphatic heterocycles. The lowest BCUT2D eigenvalue weighted by Gasteiger charge is -2.13. The minimum absolute atomic E-state index is 0.0449. The Kier molecular flexibility index (Phi) is 3.52. The van der Waals surface area contributed by atoms with Crippen LogP contribution in [0.2, 0.25) is 0 Å². The van der Waals surface area contributed by atoms with Crippen LogP contribution in [-0.2, 0) is 13.6 Å². The smallest absolute Gasteiger partial charge is 0.255 e. The average molecular weight is 339 g/mol. The summed E-state index contributed by atoms with van der Waals surface area (Å²) in [5, 5.41) is 7.04. The van der Waals surface area contributed by atoms with Crippen LogP contribution in [0.1, 0.15) is 41.6 Å². The number of rotatable bonds is 5. The number of furan rings is 1. The molecule has 1 amide bonds. The van der Waals surface area contributed by atoms with Gasteiger partial charge in [0.2, 0.25) is 5.71 Å². The summed E-state index contributed by atoms with van der Waals surface area (Å²) in [6.07, 6.45) is 5.59. The van der Waals surface area contributed by atoms with Crippen LogP contribution in [0.3, 0.4) is 0 Å². The third kappa shape index (κ3) is 2.86. The minimum Gasteiger partial charge on any atom is -0.442 e. The third-order valence-electron chi connectivity index (χ3n) is 4.79. The van der Waals surface area contributed by atoms with Crippen molar-refractivity contribution in [1.82, 2.24) is 19.9 Å². The van der Waals surface area contributed by atoms with E-state index in [0.717, 1.165) is 18.5 Å². The first-order valence-corrected chi connectivity index (χ1v) is 8.37. The predicted octanol–water partition coefficient (Wildman–Crippen LogP) is 2.76. The molecule has 0 aromatic carbocycles. The monoisotopic (exact) mass is 339 g/mol. The highest BCUT2D eigenvalue weighted by Gasteiger charge is 2.38. The normalized spacial score (nSPS) is 15.3. The molecule has 0 radical (unpaired) electrons. The van der Waals surface area contributed by atoms with Gasteiger partial charge in [-0.1, -0.05) is 0 Å². The van der Waals surface area contributed by atoms with Crippen LogP contribution in [0.15, 0.2) is 29.1 Å². The number of hydrogen-bond donors (Lipinski definition) is 2. The standard InChI is InChI=1S/C18H21N5O2/c1-11-13(16(24)19-9-12-5-4-8-23(12)3)14-15(22-18(2)6-7-18)20-10-21-17(14)25-11/h4-5,8,10H,6-7,9H2,1-3H3,(H,19,24)(H,20,21,22).